The molecule has 1 heterocycles. The number of alkyl halides is 3. The second-order valence-electron chi connectivity index (χ2n) is 6.52. The fourth-order valence-electron chi connectivity index (χ4n) is 3.61. The van der Waals surface area contributed by atoms with Gasteiger partial charge in [-0.15, -0.1) is 0 Å². The average molecular weight is 327 g/mol. The van der Waals surface area contributed by atoms with Gasteiger partial charge < -0.3 is 11.1 Å². The number of nitrogens with zero attached hydrogens (tertiary/aromatic N) is 1. The summed E-state index contributed by atoms with van der Waals surface area (Å²) in [6.45, 7) is 3.03. The molecule has 7 heteroatoms. The number of nitrogens with one attached hydrogen (secondary N) is 1. The Morgan fingerprint density at radius 2 is 1.96 bits per heavy atom. The lowest BCUT2D eigenvalue weighted by Crippen LogP contribution is -2.68. The molecule has 0 radical (unpaired) electrons. The van der Waals surface area contributed by atoms with Crippen molar-refractivity contribution in [2.45, 2.75) is 31.1 Å². The molecule has 3 rings (SSSR count). The standard InChI is InChI=1S/C16H20F3N3O/c17-16(18,19)13-3-1-11(2-4-13)9-22-6-5-21-10-15(22)7-12(8-15)14(20)23/h1-4,12,21H,5-10H2,(H2,20,23). The van der Waals surface area contributed by atoms with Crippen molar-refractivity contribution >= 4 is 5.91 Å². The maximum atomic E-state index is 12.6. The number of amides is 1. The van der Waals surface area contributed by atoms with Crippen LogP contribution in [0.4, 0.5) is 13.2 Å². The predicted molar refractivity (Wildman–Crippen MR) is 79.4 cm³/mol. The molecule has 23 heavy (non-hydrogen) atoms. The summed E-state index contributed by atoms with van der Waals surface area (Å²) in [5.41, 5.74) is 5.48. The van der Waals surface area contributed by atoms with Gasteiger partial charge in [0, 0.05) is 37.6 Å². The third-order valence-electron chi connectivity index (χ3n) is 4.99. The van der Waals surface area contributed by atoms with Crippen LogP contribution in [0.1, 0.15) is 24.0 Å². The van der Waals surface area contributed by atoms with E-state index in [-0.39, 0.29) is 17.4 Å². The van der Waals surface area contributed by atoms with Gasteiger partial charge in [-0.1, -0.05) is 12.1 Å². The van der Waals surface area contributed by atoms with E-state index >= 15 is 0 Å². The molecule has 2 aliphatic rings. The van der Waals surface area contributed by atoms with Gasteiger partial charge in [0.25, 0.3) is 0 Å². The molecule has 3 N–H and O–H groups in total. The molecule has 1 aliphatic heterocycles. The zero-order valence-electron chi connectivity index (χ0n) is 12.7. The third-order valence-corrected chi connectivity index (χ3v) is 4.99. The summed E-state index contributed by atoms with van der Waals surface area (Å²) in [6, 6.07) is 5.31. The highest BCUT2D eigenvalue weighted by Crippen LogP contribution is 2.43. The maximum Gasteiger partial charge on any atom is 0.416 e. The van der Waals surface area contributed by atoms with Crippen LogP contribution in [0.2, 0.25) is 0 Å². The number of halogens is 3. The SMILES string of the molecule is NC(=O)C1CC2(CNCCN2Cc2ccc(C(F)(F)F)cc2)C1. The molecule has 1 spiro atoms. The van der Waals surface area contributed by atoms with Gasteiger partial charge in [-0.2, -0.15) is 13.2 Å². The average Bonchev–Trinajstić information content (AvgIpc) is 2.45. The van der Waals surface area contributed by atoms with E-state index in [4.69, 9.17) is 5.73 Å². The summed E-state index contributed by atoms with van der Waals surface area (Å²) in [5.74, 6) is -0.360. The summed E-state index contributed by atoms with van der Waals surface area (Å²) in [6.07, 6.45) is -2.87. The number of carbonyl (C=O) groups excluding carboxylic acids is 1. The van der Waals surface area contributed by atoms with Gasteiger partial charge in [0.2, 0.25) is 5.91 Å². The highest BCUT2D eigenvalue weighted by atomic mass is 19.4. The van der Waals surface area contributed by atoms with Crippen LogP contribution in [0.15, 0.2) is 24.3 Å². The minimum atomic E-state index is -4.31. The van der Waals surface area contributed by atoms with Gasteiger partial charge in [0.1, 0.15) is 0 Å². The van der Waals surface area contributed by atoms with Crippen LogP contribution in [0.25, 0.3) is 0 Å². The third kappa shape index (κ3) is 3.21. The smallest absolute Gasteiger partial charge is 0.369 e. The highest BCUT2D eigenvalue weighted by molar-refractivity contribution is 5.78. The van der Waals surface area contributed by atoms with E-state index < -0.39 is 11.7 Å². The Kier molecular flexibility index (Phi) is 4.10. The summed E-state index contributed by atoms with van der Waals surface area (Å²) >= 11 is 0. The first-order valence-corrected chi connectivity index (χ1v) is 7.71. The first kappa shape index (κ1) is 16.3. The number of piperazine rings is 1. The van der Waals surface area contributed by atoms with Crippen LogP contribution in [0, 0.1) is 5.92 Å². The highest BCUT2D eigenvalue weighted by Gasteiger charge is 2.51. The van der Waals surface area contributed by atoms with Crippen molar-refractivity contribution in [1.29, 1.82) is 0 Å². The Morgan fingerprint density at radius 1 is 1.30 bits per heavy atom. The summed E-state index contributed by atoms with van der Waals surface area (Å²) in [7, 11) is 0. The molecule has 1 saturated heterocycles. The van der Waals surface area contributed by atoms with E-state index in [0.717, 1.165) is 50.2 Å². The van der Waals surface area contributed by atoms with E-state index in [2.05, 4.69) is 10.2 Å². The van der Waals surface area contributed by atoms with Crippen LogP contribution in [0.5, 0.6) is 0 Å². The van der Waals surface area contributed by atoms with Crippen molar-refractivity contribution in [3.63, 3.8) is 0 Å². The second-order valence-corrected chi connectivity index (χ2v) is 6.52. The van der Waals surface area contributed by atoms with E-state index in [1.807, 2.05) is 0 Å². The molecular weight excluding hydrogens is 307 g/mol. The van der Waals surface area contributed by atoms with Gasteiger partial charge >= 0.3 is 6.18 Å². The molecule has 1 amide bonds. The Morgan fingerprint density at radius 3 is 2.52 bits per heavy atom. The van der Waals surface area contributed by atoms with Crippen LogP contribution < -0.4 is 11.1 Å². The largest absolute Gasteiger partial charge is 0.416 e. The zero-order chi connectivity index (χ0) is 16.7. The molecular formula is C16H20F3N3O. The topological polar surface area (TPSA) is 58.4 Å². The number of carbonyl (C=O) groups is 1. The molecule has 2 fully saturated rings. The van der Waals surface area contributed by atoms with Gasteiger partial charge in [-0.05, 0) is 30.5 Å². The second kappa shape index (κ2) is 5.79. The summed E-state index contributed by atoms with van der Waals surface area (Å²) < 4.78 is 37.9. The minimum Gasteiger partial charge on any atom is -0.369 e. The van der Waals surface area contributed by atoms with Crippen LogP contribution in [0.3, 0.4) is 0 Å². The number of primary amides is 1. The number of benzene rings is 1. The van der Waals surface area contributed by atoms with Crippen molar-refractivity contribution in [3.05, 3.63) is 35.4 Å². The van der Waals surface area contributed by atoms with Crippen molar-refractivity contribution in [2.24, 2.45) is 11.7 Å². The first-order chi connectivity index (χ1) is 10.8. The van der Waals surface area contributed by atoms with E-state index in [0.29, 0.717) is 6.54 Å². The fourth-order valence-corrected chi connectivity index (χ4v) is 3.61. The van der Waals surface area contributed by atoms with Crippen LogP contribution in [-0.2, 0) is 17.5 Å². The predicted octanol–water partition coefficient (Wildman–Crippen LogP) is 1.74. The minimum absolute atomic E-state index is 0.0926. The monoisotopic (exact) mass is 327 g/mol. The van der Waals surface area contributed by atoms with Gasteiger partial charge in [0.05, 0.1) is 5.56 Å². The van der Waals surface area contributed by atoms with E-state index in [9.17, 15) is 18.0 Å². The van der Waals surface area contributed by atoms with Gasteiger partial charge in [-0.25, -0.2) is 0 Å². The van der Waals surface area contributed by atoms with Crippen LogP contribution >= 0.6 is 0 Å². The van der Waals surface area contributed by atoms with Crippen molar-refractivity contribution < 1.29 is 18.0 Å². The molecule has 0 bridgehead atoms. The van der Waals surface area contributed by atoms with Gasteiger partial charge in [-0.3, -0.25) is 9.69 Å². The lowest BCUT2D eigenvalue weighted by Gasteiger charge is -2.56. The number of nitrogens with two attached hydrogens (primary N) is 1. The van der Waals surface area contributed by atoms with E-state index in [1.54, 1.807) is 0 Å². The number of hydrogen-bond acceptors (Lipinski definition) is 3. The Labute approximate surface area is 132 Å². The maximum absolute atomic E-state index is 12.6. The number of hydrogen-bond donors (Lipinski definition) is 2. The lowest BCUT2D eigenvalue weighted by molar-refractivity contribution is -0.137. The summed E-state index contributed by atoms with van der Waals surface area (Å²) in [4.78, 5) is 13.6. The molecule has 4 nitrogen and oxygen atoms in total. The van der Waals surface area contributed by atoms with Gasteiger partial charge in [0.15, 0.2) is 0 Å². The Hall–Kier alpha value is -1.60. The van der Waals surface area contributed by atoms with Crippen molar-refractivity contribution in [1.82, 2.24) is 10.2 Å². The zero-order valence-corrected chi connectivity index (χ0v) is 12.7. The normalized spacial score (nSPS) is 28.6. The Bertz CT molecular complexity index is 579. The van der Waals surface area contributed by atoms with Crippen molar-refractivity contribution in [3.8, 4) is 0 Å². The molecule has 1 saturated carbocycles. The molecule has 0 unspecified atom stereocenters. The first-order valence-electron chi connectivity index (χ1n) is 7.71. The molecule has 1 aromatic rings. The van der Waals surface area contributed by atoms with Crippen LogP contribution in [-0.4, -0.2) is 36.0 Å². The van der Waals surface area contributed by atoms with Crippen molar-refractivity contribution in [2.75, 3.05) is 19.6 Å². The lowest BCUT2D eigenvalue weighted by atomic mass is 9.66. The summed E-state index contributed by atoms with van der Waals surface area (Å²) in [5, 5.41) is 3.34. The molecule has 1 aliphatic carbocycles. The molecule has 0 aromatic heterocycles. The molecule has 126 valence electrons. The quantitative estimate of drug-likeness (QED) is 0.889. The van der Waals surface area contributed by atoms with E-state index in [1.165, 1.54) is 12.1 Å². The fraction of sp³-hybridized carbons (Fsp3) is 0.562. The molecule has 1 aromatic carbocycles. The number of rotatable bonds is 3. The Balaban J connectivity index is 1.69. The molecule has 0 atom stereocenters.